The number of hydrogen-bond donors (Lipinski definition) is 1. The molecular formula is C27H29N3O5S. The number of anilines is 1. The fourth-order valence-corrected chi connectivity index (χ4v) is 5.47. The van der Waals surface area contributed by atoms with Gasteiger partial charge in [-0.25, -0.2) is 9.78 Å². The average molecular weight is 508 g/mol. The van der Waals surface area contributed by atoms with Crippen LogP contribution in [0.15, 0.2) is 52.5 Å². The highest BCUT2D eigenvalue weighted by atomic mass is 32.1. The summed E-state index contributed by atoms with van der Waals surface area (Å²) in [5.41, 5.74) is 2.50. The van der Waals surface area contributed by atoms with Crippen LogP contribution in [0.5, 0.6) is 0 Å². The lowest BCUT2D eigenvalue weighted by molar-refractivity contribution is -0.123. The van der Waals surface area contributed by atoms with Gasteiger partial charge in [0, 0.05) is 48.0 Å². The quantitative estimate of drug-likeness (QED) is 0.322. The number of carbonyl (C=O) groups excluding carboxylic acids is 1. The number of carboxylic acids is 1. The Morgan fingerprint density at radius 2 is 1.92 bits per heavy atom. The predicted octanol–water partition coefficient (Wildman–Crippen LogP) is 5.83. The Balaban J connectivity index is 1.45. The van der Waals surface area contributed by atoms with Gasteiger partial charge in [0.2, 0.25) is 11.8 Å². The number of furan rings is 1. The van der Waals surface area contributed by atoms with Crippen LogP contribution in [-0.2, 0) is 9.53 Å². The number of methoxy groups -OCH3 is 1. The first-order valence-corrected chi connectivity index (χ1v) is 13.0. The zero-order valence-electron chi connectivity index (χ0n) is 20.3. The average Bonchev–Trinajstić information content (AvgIpc) is 3.60. The van der Waals surface area contributed by atoms with E-state index in [1.165, 1.54) is 11.0 Å². The molecule has 1 saturated carbocycles. The van der Waals surface area contributed by atoms with Crippen LogP contribution in [0.4, 0.5) is 5.88 Å². The van der Waals surface area contributed by atoms with Crippen LogP contribution in [0, 0.1) is 11.8 Å². The fourth-order valence-electron chi connectivity index (χ4n) is 4.77. The van der Waals surface area contributed by atoms with E-state index in [1.807, 2.05) is 46.4 Å². The number of hydrogen-bond acceptors (Lipinski definition) is 6. The Morgan fingerprint density at radius 3 is 2.58 bits per heavy atom. The van der Waals surface area contributed by atoms with Crippen LogP contribution < -0.4 is 4.90 Å². The molecule has 1 aliphatic carbocycles. The van der Waals surface area contributed by atoms with Crippen LogP contribution in [0.1, 0.15) is 43.0 Å². The Labute approximate surface area is 213 Å². The first kappa shape index (κ1) is 24.3. The third-order valence-electron chi connectivity index (χ3n) is 6.90. The number of carbonyl (C=O) groups is 2. The van der Waals surface area contributed by atoms with E-state index in [-0.39, 0.29) is 36.4 Å². The molecule has 1 aromatic carbocycles. The summed E-state index contributed by atoms with van der Waals surface area (Å²) in [4.78, 5) is 32.7. The topological polar surface area (TPSA) is 97.3 Å². The van der Waals surface area contributed by atoms with Gasteiger partial charge in [-0.3, -0.25) is 14.1 Å². The molecule has 1 N–H and O–H groups in total. The number of carboxylic acid groups (broad SMARTS) is 1. The lowest BCUT2D eigenvalue weighted by Gasteiger charge is -2.30. The van der Waals surface area contributed by atoms with E-state index in [9.17, 15) is 14.7 Å². The molecule has 3 aromatic heterocycles. The van der Waals surface area contributed by atoms with Crippen LogP contribution in [-0.4, -0.2) is 46.6 Å². The molecule has 8 nitrogen and oxygen atoms in total. The molecule has 0 radical (unpaired) electrons. The van der Waals surface area contributed by atoms with Crippen molar-refractivity contribution in [2.75, 3.05) is 25.2 Å². The molecule has 0 saturated heterocycles. The molecular weight excluding hydrogens is 478 g/mol. The van der Waals surface area contributed by atoms with E-state index in [1.54, 1.807) is 18.4 Å². The number of imidazole rings is 1. The van der Waals surface area contributed by atoms with Gasteiger partial charge in [-0.1, -0.05) is 31.2 Å². The highest BCUT2D eigenvalue weighted by molar-refractivity contribution is 7.15. The van der Waals surface area contributed by atoms with E-state index in [2.05, 4.69) is 11.9 Å². The molecule has 1 amide bonds. The van der Waals surface area contributed by atoms with Crippen LogP contribution >= 0.6 is 11.3 Å². The Morgan fingerprint density at radius 1 is 1.19 bits per heavy atom. The van der Waals surface area contributed by atoms with Gasteiger partial charge in [-0.05, 0) is 31.6 Å². The summed E-state index contributed by atoms with van der Waals surface area (Å²) in [6.07, 6.45) is 7.52. The number of aromatic carboxylic acids is 1. The van der Waals surface area contributed by atoms with Crippen molar-refractivity contribution >= 4 is 34.1 Å². The number of nitrogens with zero attached hydrogens (tertiary/aromatic N) is 3. The summed E-state index contributed by atoms with van der Waals surface area (Å²) < 4.78 is 13.3. The second-order valence-corrected chi connectivity index (χ2v) is 10.2. The first-order chi connectivity index (χ1) is 17.4. The third-order valence-corrected chi connectivity index (χ3v) is 7.67. The highest BCUT2D eigenvalue weighted by Gasteiger charge is 2.33. The Hall–Kier alpha value is -3.43. The normalized spacial score (nSPS) is 17.9. The van der Waals surface area contributed by atoms with Gasteiger partial charge in [-0.2, -0.15) is 0 Å². The lowest BCUT2D eigenvalue weighted by Crippen LogP contribution is -2.40. The van der Waals surface area contributed by atoms with Crippen LogP contribution in [0.25, 0.3) is 27.5 Å². The minimum Gasteiger partial charge on any atom is -0.477 e. The van der Waals surface area contributed by atoms with Crippen molar-refractivity contribution in [3.8, 4) is 22.6 Å². The largest absolute Gasteiger partial charge is 0.477 e. The van der Waals surface area contributed by atoms with Crippen molar-refractivity contribution in [1.82, 2.24) is 9.38 Å². The molecule has 0 spiro atoms. The standard InChI is InChI=1S/C27H29N3O5S/c1-17-3-5-20(6-4-17)24(31)30(11-13-34-2)25-21(26(32)33)15-23(35-25)19-9-7-18(8-10-19)22-16-29-12-14-36-27(29)28-22/h7-10,12,14-17,20H,3-6,11,13H2,1-2H3,(H,32,33). The molecule has 1 fully saturated rings. The predicted molar refractivity (Wildman–Crippen MR) is 139 cm³/mol. The van der Waals surface area contributed by atoms with Gasteiger partial charge < -0.3 is 14.3 Å². The summed E-state index contributed by atoms with van der Waals surface area (Å²) in [7, 11) is 1.56. The molecule has 3 heterocycles. The summed E-state index contributed by atoms with van der Waals surface area (Å²) >= 11 is 1.57. The molecule has 0 atom stereocenters. The summed E-state index contributed by atoms with van der Waals surface area (Å²) in [5.74, 6) is -0.312. The van der Waals surface area contributed by atoms with Crippen molar-refractivity contribution in [2.24, 2.45) is 11.8 Å². The summed E-state index contributed by atoms with van der Waals surface area (Å²) in [5, 5.41) is 11.9. The summed E-state index contributed by atoms with van der Waals surface area (Å²) in [6.45, 7) is 2.71. The zero-order chi connectivity index (χ0) is 25.2. The molecule has 0 bridgehead atoms. The lowest BCUT2D eigenvalue weighted by atomic mass is 9.82. The molecule has 4 aromatic rings. The van der Waals surface area contributed by atoms with E-state index >= 15 is 0 Å². The summed E-state index contributed by atoms with van der Waals surface area (Å²) in [6, 6.07) is 9.11. The number of aromatic nitrogens is 2. The number of ether oxygens (including phenoxy) is 1. The van der Waals surface area contributed by atoms with Gasteiger partial charge in [-0.15, -0.1) is 11.3 Å². The number of benzene rings is 1. The number of rotatable bonds is 8. The van der Waals surface area contributed by atoms with Crippen molar-refractivity contribution in [3.05, 3.63) is 53.7 Å². The second kappa shape index (κ2) is 10.3. The Kier molecular flexibility index (Phi) is 6.93. The third kappa shape index (κ3) is 4.81. The molecule has 5 rings (SSSR count). The monoisotopic (exact) mass is 507 g/mol. The maximum atomic E-state index is 13.5. The van der Waals surface area contributed by atoms with E-state index < -0.39 is 5.97 Å². The minimum absolute atomic E-state index is 0.0305. The van der Waals surface area contributed by atoms with Gasteiger partial charge in [0.25, 0.3) is 0 Å². The second-order valence-electron chi connectivity index (χ2n) is 9.37. The van der Waals surface area contributed by atoms with Gasteiger partial charge in [0.15, 0.2) is 4.96 Å². The van der Waals surface area contributed by atoms with E-state index in [0.29, 0.717) is 11.7 Å². The molecule has 1 aliphatic rings. The number of amides is 1. The fraction of sp³-hybridized carbons (Fsp3) is 0.370. The maximum Gasteiger partial charge on any atom is 0.341 e. The molecule has 9 heteroatoms. The van der Waals surface area contributed by atoms with Crippen molar-refractivity contribution < 1.29 is 23.8 Å². The SMILES string of the molecule is COCCN(C(=O)C1CCC(C)CC1)c1oc(-c2ccc(-c3cn4ccsc4n3)cc2)cc1C(=O)O. The zero-order valence-corrected chi connectivity index (χ0v) is 21.2. The van der Waals surface area contributed by atoms with Crippen molar-refractivity contribution in [1.29, 1.82) is 0 Å². The number of thiazole rings is 1. The molecule has 188 valence electrons. The van der Waals surface area contributed by atoms with Crippen molar-refractivity contribution in [3.63, 3.8) is 0 Å². The smallest absolute Gasteiger partial charge is 0.341 e. The Bertz CT molecular complexity index is 1330. The van der Waals surface area contributed by atoms with Gasteiger partial charge >= 0.3 is 5.97 Å². The maximum absolute atomic E-state index is 13.5. The van der Waals surface area contributed by atoms with E-state index in [4.69, 9.17) is 9.15 Å². The van der Waals surface area contributed by atoms with E-state index in [0.717, 1.165) is 47.5 Å². The van der Waals surface area contributed by atoms with Crippen molar-refractivity contribution in [2.45, 2.75) is 32.6 Å². The molecule has 36 heavy (non-hydrogen) atoms. The highest BCUT2D eigenvalue weighted by Crippen LogP contribution is 2.36. The number of fused-ring (bicyclic) bond motifs is 1. The van der Waals surface area contributed by atoms with Gasteiger partial charge in [0.1, 0.15) is 11.3 Å². The van der Waals surface area contributed by atoms with Crippen LogP contribution in [0.2, 0.25) is 0 Å². The minimum atomic E-state index is -1.14. The molecule has 0 aliphatic heterocycles. The molecule has 0 unspecified atom stereocenters. The van der Waals surface area contributed by atoms with Crippen LogP contribution in [0.3, 0.4) is 0 Å². The van der Waals surface area contributed by atoms with Gasteiger partial charge in [0.05, 0.1) is 18.8 Å². The first-order valence-electron chi connectivity index (χ1n) is 12.1.